The second-order valence-electron chi connectivity index (χ2n) is 9.85. The van der Waals surface area contributed by atoms with Crippen molar-refractivity contribution in [2.75, 3.05) is 33.4 Å². The van der Waals surface area contributed by atoms with Crippen molar-refractivity contribution >= 4 is 28.6 Å². The van der Waals surface area contributed by atoms with E-state index in [4.69, 9.17) is 9.47 Å². The van der Waals surface area contributed by atoms with Crippen molar-refractivity contribution in [2.24, 2.45) is 5.41 Å². The molecule has 9 nitrogen and oxygen atoms in total. The summed E-state index contributed by atoms with van der Waals surface area (Å²) < 4.78 is 11.0. The van der Waals surface area contributed by atoms with Crippen LogP contribution in [0.25, 0.3) is 10.9 Å². The number of piperidine rings is 1. The largest absolute Gasteiger partial charge is 0.497 e. The van der Waals surface area contributed by atoms with Crippen LogP contribution in [0, 0.1) is 5.41 Å². The third kappa shape index (κ3) is 5.61. The molecule has 0 bridgehead atoms. The summed E-state index contributed by atoms with van der Waals surface area (Å²) >= 11 is 0. The zero-order valence-corrected chi connectivity index (χ0v) is 20.8. The normalized spacial score (nSPS) is 24.1. The predicted octanol–water partition coefficient (Wildman–Crippen LogP) is 2.61. The van der Waals surface area contributed by atoms with E-state index < -0.39 is 11.5 Å². The number of H-pyrrole nitrogens is 1. The van der Waals surface area contributed by atoms with Gasteiger partial charge < -0.3 is 30.0 Å². The molecule has 190 valence electrons. The van der Waals surface area contributed by atoms with Gasteiger partial charge >= 0.3 is 0 Å². The number of methoxy groups -OCH3 is 1. The van der Waals surface area contributed by atoms with Gasteiger partial charge in [-0.05, 0) is 57.7 Å². The Hall–Kier alpha value is -3.07. The summed E-state index contributed by atoms with van der Waals surface area (Å²) in [6.45, 7) is 5.62. The molecule has 2 aromatic rings. The lowest BCUT2D eigenvalue weighted by Crippen LogP contribution is -2.55. The Morgan fingerprint density at radius 1 is 1.09 bits per heavy atom. The summed E-state index contributed by atoms with van der Waals surface area (Å²) in [5.74, 6) is 0.338. The maximum atomic E-state index is 13.4. The van der Waals surface area contributed by atoms with Crippen LogP contribution in [0.15, 0.2) is 24.3 Å². The zero-order chi connectivity index (χ0) is 25.0. The number of ether oxygens (including phenoxy) is 2. The molecule has 1 aromatic carbocycles. The molecule has 35 heavy (non-hydrogen) atoms. The van der Waals surface area contributed by atoms with Gasteiger partial charge in [-0.1, -0.05) is 6.42 Å². The molecule has 2 atom stereocenters. The molecule has 1 spiro atoms. The van der Waals surface area contributed by atoms with Crippen molar-refractivity contribution in [3.63, 3.8) is 0 Å². The van der Waals surface area contributed by atoms with E-state index in [1.165, 1.54) is 0 Å². The molecule has 0 unspecified atom stereocenters. The first-order chi connectivity index (χ1) is 16.8. The molecule has 3 amide bonds. The van der Waals surface area contributed by atoms with Crippen LogP contribution in [0.5, 0.6) is 5.75 Å². The minimum Gasteiger partial charge on any atom is -0.497 e. The third-order valence-corrected chi connectivity index (χ3v) is 7.24. The SMILES string of the molecule is COc1ccc2cc(C(=O)N3CCC4(CCCCOC[C@H](C)NC(=O)[C@H](C)NC4=O)CC3)[nH]c2c1. The van der Waals surface area contributed by atoms with Gasteiger partial charge in [-0.3, -0.25) is 14.4 Å². The second-order valence-corrected chi connectivity index (χ2v) is 9.85. The van der Waals surface area contributed by atoms with Gasteiger partial charge in [0.15, 0.2) is 0 Å². The van der Waals surface area contributed by atoms with Gasteiger partial charge in [-0.25, -0.2) is 0 Å². The molecule has 0 saturated carbocycles. The highest BCUT2D eigenvalue weighted by Crippen LogP contribution is 2.38. The first-order valence-corrected chi connectivity index (χ1v) is 12.5. The monoisotopic (exact) mass is 484 g/mol. The van der Waals surface area contributed by atoms with Crippen molar-refractivity contribution in [2.45, 2.75) is 58.0 Å². The Morgan fingerprint density at radius 3 is 2.60 bits per heavy atom. The quantitative estimate of drug-likeness (QED) is 0.607. The molecule has 3 N–H and O–H groups in total. The summed E-state index contributed by atoms with van der Waals surface area (Å²) in [5, 5.41) is 6.78. The predicted molar refractivity (Wildman–Crippen MR) is 132 cm³/mol. The topological polar surface area (TPSA) is 113 Å². The number of aromatic amines is 1. The summed E-state index contributed by atoms with van der Waals surface area (Å²) in [7, 11) is 1.61. The molecule has 2 aliphatic heterocycles. The first-order valence-electron chi connectivity index (χ1n) is 12.5. The van der Waals surface area contributed by atoms with Crippen molar-refractivity contribution in [3.8, 4) is 5.75 Å². The van der Waals surface area contributed by atoms with Crippen LogP contribution in [-0.4, -0.2) is 73.1 Å². The minimum absolute atomic E-state index is 0.0739. The zero-order valence-electron chi connectivity index (χ0n) is 20.8. The summed E-state index contributed by atoms with van der Waals surface area (Å²) in [4.78, 5) is 44.2. The molecule has 3 heterocycles. The van der Waals surface area contributed by atoms with Crippen LogP contribution in [0.4, 0.5) is 0 Å². The molecule has 0 radical (unpaired) electrons. The van der Waals surface area contributed by atoms with Crippen LogP contribution in [0.3, 0.4) is 0 Å². The number of rotatable bonds is 2. The fourth-order valence-electron chi connectivity index (χ4n) is 5.00. The van der Waals surface area contributed by atoms with E-state index in [0.717, 1.165) is 29.5 Å². The van der Waals surface area contributed by atoms with E-state index in [1.807, 2.05) is 36.1 Å². The fourth-order valence-corrected chi connectivity index (χ4v) is 5.00. The maximum absolute atomic E-state index is 13.4. The molecule has 1 aromatic heterocycles. The summed E-state index contributed by atoms with van der Waals surface area (Å²) in [6.07, 6.45) is 3.54. The smallest absolute Gasteiger partial charge is 0.270 e. The number of carbonyl (C=O) groups is 3. The minimum atomic E-state index is -0.634. The van der Waals surface area contributed by atoms with Crippen LogP contribution >= 0.6 is 0 Å². The molecule has 9 heteroatoms. The third-order valence-electron chi connectivity index (χ3n) is 7.24. The lowest BCUT2D eigenvalue weighted by atomic mass is 9.73. The molecule has 0 aliphatic carbocycles. The highest BCUT2D eigenvalue weighted by atomic mass is 16.5. The van der Waals surface area contributed by atoms with E-state index >= 15 is 0 Å². The van der Waals surface area contributed by atoms with Gasteiger partial charge in [0.25, 0.3) is 5.91 Å². The van der Waals surface area contributed by atoms with E-state index in [0.29, 0.717) is 51.3 Å². The molecular weight excluding hydrogens is 448 g/mol. The summed E-state index contributed by atoms with van der Waals surface area (Å²) in [6, 6.07) is 6.77. The lowest BCUT2D eigenvalue weighted by molar-refractivity contribution is -0.137. The van der Waals surface area contributed by atoms with Crippen LogP contribution in [0.2, 0.25) is 0 Å². The lowest BCUT2D eigenvalue weighted by Gasteiger charge is -2.41. The standard InChI is InChI=1S/C26H36N4O5/c1-17-16-35-13-5-4-8-26(25(33)28-18(2)23(31)27-17)9-11-30(12-10-26)24(32)22-14-19-6-7-20(34-3)15-21(19)29-22/h6-7,14-15,17-18,29H,4-5,8-13,16H2,1-3H3,(H,27,31)(H,28,33)/t17-,18-/m0/s1. The Labute approximate surface area is 205 Å². The van der Waals surface area contributed by atoms with Gasteiger partial charge in [0.1, 0.15) is 17.5 Å². The molecule has 2 saturated heterocycles. The number of amides is 3. The number of hydrogen-bond donors (Lipinski definition) is 3. The van der Waals surface area contributed by atoms with Crippen molar-refractivity contribution in [1.29, 1.82) is 0 Å². The maximum Gasteiger partial charge on any atom is 0.270 e. The fraction of sp³-hybridized carbons (Fsp3) is 0.577. The van der Waals surface area contributed by atoms with Crippen molar-refractivity contribution in [3.05, 3.63) is 30.0 Å². The average Bonchev–Trinajstić information content (AvgIpc) is 3.28. The van der Waals surface area contributed by atoms with E-state index in [1.54, 1.807) is 14.0 Å². The molecule has 2 fully saturated rings. The van der Waals surface area contributed by atoms with Crippen LogP contribution in [-0.2, 0) is 14.3 Å². The highest BCUT2D eigenvalue weighted by Gasteiger charge is 2.42. The molecule has 2 aliphatic rings. The highest BCUT2D eigenvalue weighted by molar-refractivity contribution is 5.98. The molecule has 4 rings (SSSR count). The number of aromatic nitrogens is 1. The van der Waals surface area contributed by atoms with E-state index in [9.17, 15) is 14.4 Å². The number of hydrogen-bond acceptors (Lipinski definition) is 5. The number of likely N-dealkylation sites (tertiary alicyclic amines) is 1. The van der Waals surface area contributed by atoms with Crippen LogP contribution in [0.1, 0.15) is 56.4 Å². The average molecular weight is 485 g/mol. The van der Waals surface area contributed by atoms with Crippen LogP contribution < -0.4 is 15.4 Å². The van der Waals surface area contributed by atoms with Crippen molar-refractivity contribution in [1.82, 2.24) is 20.5 Å². The summed E-state index contributed by atoms with van der Waals surface area (Å²) in [5.41, 5.74) is 0.776. The Bertz CT molecular complexity index is 1070. The van der Waals surface area contributed by atoms with Gasteiger partial charge in [0, 0.05) is 42.7 Å². The van der Waals surface area contributed by atoms with Gasteiger partial charge in [0.05, 0.1) is 19.1 Å². The van der Waals surface area contributed by atoms with E-state index in [-0.39, 0.29) is 23.8 Å². The second kappa shape index (κ2) is 10.7. The Balaban J connectivity index is 1.45. The first kappa shape index (κ1) is 25.0. The van der Waals surface area contributed by atoms with Gasteiger partial charge in [-0.15, -0.1) is 0 Å². The Kier molecular flexibility index (Phi) is 7.64. The van der Waals surface area contributed by atoms with Crippen molar-refractivity contribution < 1.29 is 23.9 Å². The molecular formula is C26H36N4O5. The number of carbonyl (C=O) groups excluding carboxylic acids is 3. The number of nitrogens with one attached hydrogen (secondary N) is 3. The Morgan fingerprint density at radius 2 is 1.86 bits per heavy atom. The number of fused-ring (bicyclic) bond motifs is 1. The number of nitrogens with zero attached hydrogens (tertiary/aromatic N) is 1. The number of benzene rings is 1. The van der Waals surface area contributed by atoms with Gasteiger partial charge in [-0.2, -0.15) is 0 Å². The van der Waals surface area contributed by atoms with E-state index in [2.05, 4.69) is 15.6 Å². The van der Waals surface area contributed by atoms with Gasteiger partial charge in [0.2, 0.25) is 11.8 Å².